The Morgan fingerprint density at radius 3 is 2.42 bits per heavy atom. The summed E-state index contributed by atoms with van der Waals surface area (Å²) in [4.78, 5) is 38.5. The molecule has 0 radical (unpaired) electrons. The van der Waals surface area contributed by atoms with Crippen molar-refractivity contribution >= 4 is 17.8 Å². The van der Waals surface area contributed by atoms with E-state index in [4.69, 9.17) is 0 Å². The Bertz CT molecular complexity index is 486. The summed E-state index contributed by atoms with van der Waals surface area (Å²) < 4.78 is 0. The molecule has 6 nitrogen and oxygen atoms in total. The SMILES string of the molecule is CCCC1(CCC)NC(=O)N(CC(=O)N[C@@H]2CCCC[C@H]2C)C1=O. The van der Waals surface area contributed by atoms with E-state index < -0.39 is 11.6 Å². The maximum absolute atomic E-state index is 12.8. The van der Waals surface area contributed by atoms with Gasteiger partial charge in [-0.1, -0.05) is 46.5 Å². The molecule has 0 bridgehead atoms. The molecule has 2 rings (SSSR count). The van der Waals surface area contributed by atoms with Crippen molar-refractivity contribution in [1.29, 1.82) is 0 Å². The molecule has 6 heteroatoms. The monoisotopic (exact) mass is 337 g/mol. The highest BCUT2D eigenvalue weighted by atomic mass is 16.2. The van der Waals surface area contributed by atoms with Crippen LogP contribution in [0.1, 0.15) is 72.1 Å². The summed E-state index contributed by atoms with van der Waals surface area (Å²) in [5.74, 6) is -0.0332. The van der Waals surface area contributed by atoms with E-state index in [9.17, 15) is 14.4 Å². The summed E-state index contributed by atoms with van der Waals surface area (Å²) in [6, 6.07) is -0.281. The normalized spacial score (nSPS) is 26.4. The number of carbonyl (C=O) groups is 3. The predicted molar refractivity (Wildman–Crippen MR) is 92.4 cm³/mol. The number of imide groups is 1. The molecule has 24 heavy (non-hydrogen) atoms. The van der Waals surface area contributed by atoms with Crippen molar-refractivity contribution in [2.24, 2.45) is 5.92 Å². The van der Waals surface area contributed by atoms with E-state index in [2.05, 4.69) is 17.6 Å². The van der Waals surface area contributed by atoms with Gasteiger partial charge in [-0.15, -0.1) is 0 Å². The molecule has 1 saturated carbocycles. The van der Waals surface area contributed by atoms with Crippen molar-refractivity contribution in [2.45, 2.75) is 83.7 Å². The third kappa shape index (κ3) is 3.90. The van der Waals surface area contributed by atoms with E-state index >= 15 is 0 Å². The second-order valence-corrected chi connectivity index (χ2v) is 7.34. The Hall–Kier alpha value is -1.59. The minimum atomic E-state index is -0.820. The molecule has 0 unspecified atom stereocenters. The highest BCUT2D eigenvalue weighted by molar-refractivity contribution is 6.09. The van der Waals surface area contributed by atoms with Crippen LogP contribution in [0, 0.1) is 5.92 Å². The number of nitrogens with one attached hydrogen (secondary N) is 2. The molecule has 0 aromatic carbocycles. The van der Waals surface area contributed by atoms with Crippen molar-refractivity contribution in [3.63, 3.8) is 0 Å². The van der Waals surface area contributed by atoms with E-state index in [0.29, 0.717) is 18.8 Å². The van der Waals surface area contributed by atoms with Crippen LogP contribution in [-0.2, 0) is 9.59 Å². The van der Waals surface area contributed by atoms with Gasteiger partial charge in [0, 0.05) is 6.04 Å². The Morgan fingerprint density at radius 2 is 1.83 bits per heavy atom. The molecular weight excluding hydrogens is 306 g/mol. The lowest BCUT2D eigenvalue weighted by Gasteiger charge is -2.30. The van der Waals surface area contributed by atoms with Gasteiger partial charge in [0.2, 0.25) is 5.91 Å². The van der Waals surface area contributed by atoms with Crippen LogP contribution in [0.25, 0.3) is 0 Å². The van der Waals surface area contributed by atoms with Crippen LogP contribution in [-0.4, -0.2) is 40.9 Å². The molecule has 0 aromatic heterocycles. The van der Waals surface area contributed by atoms with Gasteiger partial charge in [0.05, 0.1) is 0 Å². The van der Waals surface area contributed by atoms with E-state index in [-0.39, 0.29) is 24.4 Å². The largest absolute Gasteiger partial charge is 0.352 e. The van der Waals surface area contributed by atoms with Crippen molar-refractivity contribution in [3.8, 4) is 0 Å². The zero-order valence-electron chi connectivity index (χ0n) is 15.2. The predicted octanol–water partition coefficient (Wildman–Crippen LogP) is 2.57. The van der Waals surface area contributed by atoms with Gasteiger partial charge in [-0.2, -0.15) is 0 Å². The maximum Gasteiger partial charge on any atom is 0.325 e. The third-order valence-electron chi connectivity index (χ3n) is 5.36. The number of hydrogen-bond acceptors (Lipinski definition) is 3. The van der Waals surface area contributed by atoms with Crippen LogP contribution in [0.4, 0.5) is 4.79 Å². The van der Waals surface area contributed by atoms with Crippen LogP contribution in [0.2, 0.25) is 0 Å². The molecule has 1 heterocycles. The Labute approximate surface area is 144 Å². The van der Waals surface area contributed by atoms with Crippen LogP contribution in [0.3, 0.4) is 0 Å². The molecule has 1 saturated heterocycles. The third-order valence-corrected chi connectivity index (χ3v) is 5.36. The molecule has 1 aliphatic carbocycles. The standard InChI is InChI=1S/C18H31N3O3/c1-4-10-18(11-5-2)16(23)21(17(24)20-18)12-15(22)19-14-9-7-6-8-13(14)3/h13-14H,4-12H2,1-3H3,(H,19,22)(H,20,24)/t13-,14-/m1/s1. The Kier molecular flexibility index (Phi) is 6.24. The van der Waals surface area contributed by atoms with Gasteiger partial charge in [0.15, 0.2) is 0 Å². The van der Waals surface area contributed by atoms with Crippen molar-refractivity contribution < 1.29 is 14.4 Å². The molecule has 4 amide bonds. The summed E-state index contributed by atoms with van der Waals surface area (Å²) in [7, 11) is 0. The first-order valence-electron chi connectivity index (χ1n) is 9.37. The fourth-order valence-electron chi connectivity index (χ4n) is 4.06. The van der Waals surface area contributed by atoms with Crippen LogP contribution >= 0.6 is 0 Å². The van der Waals surface area contributed by atoms with Gasteiger partial charge in [-0.05, 0) is 31.6 Å². The van der Waals surface area contributed by atoms with Crippen molar-refractivity contribution in [2.75, 3.05) is 6.54 Å². The van der Waals surface area contributed by atoms with E-state index in [1.54, 1.807) is 0 Å². The van der Waals surface area contributed by atoms with Crippen molar-refractivity contribution in [1.82, 2.24) is 15.5 Å². The molecule has 2 fully saturated rings. The minimum absolute atomic E-state index is 0.156. The summed E-state index contributed by atoms with van der Waals surface area (Å²) in [5, 5.41) is 5.86. The fourth-order valence-corrected chi connectivity index (χ4v) is 4.06. The second-order valence-electron chi connectivity index (χ2n) is 7.34. The van der Waals surface area contributed by atoms with Gasteiger partial charge in [0.25, 0.3) is 5.91 Å². The first-order chi connectivity index (χ1) is 11.4. The van der Waals surface area contributed by atoms with Gasteiger partial charge < -0.3 is 10.6 Å². The summed E-state index contributed by atoms with van der Waals surface area (Å²) in [5.41, 5.74) is -0.820. The molecule has 0 spiro atoms. The number of hydrogen-bond donors (Lipinski definition) is 2. The Balaban J connectivity index is 1.99. The lowest BCUT2D eigenvalue weighted by atomic mass is 9.86. The topological polar surface area (TPSA) is 78.5 Å². The quantitative estimate of drug-likeness (QED) is 0.701. The van der Waals surface area contributed by atoms with Crippen LogP contribution in [0.5, 0.6) is 0 Å². The zero-order chi connectivity index (χ0) is 17.7. The molecule has 0 aromatic rings. The van der Waals surface area contributed by atoms with Crippen LogP contribution in [0.15, 0.2) is 0 Å². The fraction of sp³-hybridized carbons (Fsp3) is 0.833. The van der Waals surface area contributed by atoms with Crippen molar-refractivity contribution in [3.05, 3.63) is 0 Å². The molecule has 2 aliphatic rings. The molecule has 1 aliphatic heterocycles. The molecule has 136 valence electrons. The molecule has 2 atom stereocenters. The number of nitrogens with zero attached hydrogens (tertiary/aromatic N) is 1. The number of amides is 4. The summed E-state index contributed by atoms with van der Waals surface area (Å²) >= 11 is 0. The first kappa shape index (κ1) is 18.7. The van der Waals surface area contributed by atoms with E-state index in [1.807, 2.05) is 13.8 Å². The van der Waals surface area contributed by atoms with Crippen LogP contribution < -0.4 is 10.6 Å². The van der Waals surface area contributed by atoms with E-state index in [1.165, 1.54) is 6.42 Å². The number of rotatable bonds is 7. The zero-order valence-corrected chi connectivity index (χ0v) is 15.2. The molecule has 2 N–H and O–H groups in total. The van der Waals surface area contributed by atoms with Gasteiger partial charge in [0.1, 0.15) is 12.1 Å². The summed E-state index contributed by atoms with van der Waals surface area (Å²) in [6.45, 7) is 5.96. The van der Waals surface area contributed by atoms with Gasteiger partial charge in [-0.3, -0.25) is 14.5 Å². The second kappa shape index (κ2) is 7.99. The first-order valence-corrected chi connectivity index (χ1v) is 9.37. The average molecular weight is 337 g/mol. The van der Waals surface area contributed by atoms with Gasteiger partial charge in [-0.25, -0.2) is 4.79 Å². The molecular formula is C18H31N3O3. The van der Waals surface area contributed by atoms with Gasteiger partial charge >= 0.3 is 6.03 Å². The maximum atomic E-state index is 12.8. The van der Waals surface area contributed by atoms with E-state index in [0.717, 1.165) is 37.0 Å². The average Bonchev–Trinajstić information content (AvgIpc) is 2.75. The lowest BCUT2D eigenvalue weighted by Crippen LogP contribution is -2.49. The summed E-state index contributed by atoms with van der Waals surface area (Å²) in [6.07, 6.45) is 7.27. The number of carbonyl (C=O) groups excluding carboxylic acids is 3. The smallest absolute Gasteiger partial charge is 0.325 e. The highest BCUT2D eigenvalue weighted by Gasteiger charge is 2.50. The highest BCUT2D eigenvalue weighted by Crippen LogP contribution is 2.28. The number of urea groups is 1. The Morgan fingerprint density at radius 1 is 1.21 bits per heavy atom. The lowest BCUT2D eigenvalue weighted by molar-refractivity contribution is -0.135. The minimum Gasteiger partial charge on any atom is -0.352 e.